The summed E-state index contributed by atoms with van der Waals surface area (Å²) in [5, 5.41) is 0. The predicted molar refractivity (Wildman–Crippen MR) is 42.9 cm³/mol. The highest BCUT2D eigenvalue weighted by Gasteiger charge is 2.06. The molecule has 3 heteroatoms. The molecule has 0 bridgehead atoms. The molecule has 56 valence electrons. The van der Waals surface area contributed by atoms with E-state index in [9.17, 15) is 0 Å². The standard InChI is InChI=1S/C8H9N3/c1-6-4-10-8-5-9-3-2-7(8)11-6/h4-5H,2-3H2,1H3. The molecule has 0 aromatic carbocycles. The van der Waals surface area contributed by atoms with Gasteiger partial charge in [0.25, 0.3) is 0 Å². The SMILES string of the molecule is Cc1cnc2c(n1)CCN=C2. The summed E-state index contributed by atoms with van der Waals surface area (Å²) in [6.07, 6.45) is 4.50. The fourth-order valence-corrected chi connectivity index (χ4v) is 1.15. The molecular weight excluding hydrogens is 138 g/mol. The zero-order chi connectivity index (χ0) is 7.68. The van der Waals surface area contributed by atoms with Crippen molar-refractivity contribution in [1.82, 2.24) is 9.97 Å². The highest BCUT2D eigenvalue weighted by molar-refractivity contribution is 5.79. The van der Waals surface area contributed by atoms with Gasteiger partial charge < -0.3 is 0 Å². The summed E-state index contributed by atoms with van der Waals surface area (Å²) in [7, 11) is 0. The van der Waals surface area contributed by atoms with Crippen molar-refractivity contribution in [1.29, 1.82) is 0 Å². The van der Waals surface area contributed by atoms with Crippen LogP contribution in [0.5, 0.6) is 0 Å². The molecular formula is C8H9N3. The third-order valence-corrected chi connectivity index (χ3v) is 1.69. The average molecular weight is 147 g/mol. The van der Waals surface area contributed by atoms with E-state index in [1.807, 2.05) is 6.92 Å². The smallest absolute Gasteiger partial charge is 0.102 e. The van der Waals surface area contributed by atoms with Crippen molar-refractivity contribution in [2.45, 2.75) is 13.3 Å². The Kier molecular flexibility index (Phi) is 1.42. The molecule has 0 spiro atoms. The number of aryl methyl sites for hydroxylation is 1. The fraction of sp³-hybridized carbons (Fsp3) is 0.375. The number of fused-ring (bicyclic) bond motifs is 1. The molecule has 2 rings (SSSR count). The molecule has 0 radical (unpaired) electrons. The zero-order valence-corrected chi connectivity index (χ0v) is 6.41. The van der Waals surface area contributed by atoms with Gasteiger partial charge in [0.05, 0.1) is 11.4 Å². The molecule has 0 atom stereocenters. The van der Waals surface area contributed by atoms with Crippen LogP contribution in [0.2, 0.25) is 0 Å². The van der Waals surface area contributed by atoms with Crippen LogP contribution < -0.4 is 0 Å². The van der Waals surface area contributed by atoms with Gasteiger partial charge in [0.1, 0.15) is 5.69 Å². The third kappa shape index (κ3) is 1.13. The highest BCUT2D eigenvalue weighted by Crippen LogP contribution is 2.06. The van der Waals surface area contributed by atoms with E-state index >= 15 is 0 Å². The molecule has 0 amide bonds. The van der Waals surface area contributed by atoms with Crippen molar-refractivity contribution >= 4 is 6.21 Å². The van der Waals surface area contributed by atoms with Gasteiger partial charge in [-0.15, -0.1) is 0 Å². The van der Waals surface area contributed by atoms with Crippen molar-refractivity contribution in [3.63, 3.8) is 0 Å². The first-order valence-electron chi connectivity index (χ1n) is 3.68. The van der Waals surface area contributed by atoms with Crippen LogP contribution in [0.3, 0.4) is 0 Å². The van der Waals surface area contributed by atoms with Gasteiger partial charge in [-0.3, -0.25) is 15.0 Å². The molecule has 0 saturated carbocycles. The summed E-state index contributed by atoms with van der Waals surface area (Å²) in [4.78, 5) is 12.7. The number of rotatable bonds is 0. The summed E-state index contributed by atoms with van der Waals surface area (Å²) in [6, 6.07) is 0. The topological polar surface area (TPSA) is 38.1 Å². The molecule has 3 nitrogen and oxygen atoms in total. The second kappa shape index (κ2) is 2.42. The Hall–Kier alpha value is -1.25. The van der Waals surface area contributed by atoms with Gasteiger partial charge in [-0.25, -0.2) is 0 Å². The summed E-state index contributed by atoms with van der Waals surface area (Å²) in [6.45, 7) is 2.81. The predicted octanol–water partition coefficient (Wildman–Crippen LogP) is 0.760. The zero-order valence-electron chi connectivity index (χ0n) is 6.41. The minimum atomic E-state index is 0.852. The Balaban J connectivity index is 2.53. The van der Waals surface area contributed by atoms with Crippen LogP contribution in [0, 0.1) is 6.92 Å². The molecule has 0 unspecified atom stereocenters. The Morgan fingerprint density at radius 1 is 1.45 bits per heavy atom. The van der Waals surface area contributed by atoms with Crippen LogP contribution in [0.4, 0.5) is 0 Å². The largest absolute Gasteiger partial charge is 0.290 e. The van der Waals surface area contributed by atoms with Crippen LogP contribution in [0.25, 0.3) is 0 Å². The Morgan fingerprint density at radius 3 is 3.27 bits per heavy atom. The molecule has 1 aromatic heterocycles. The van der Waals surface area contributed by atoms with Crippen molar-refractivity contribution in [2.75, 3.05) is 6.54 Å². The first kappa shape index (κ1) is 6.46. The Labute approximate surface area is 65.2 Å². The van der Waals surface area contributed by atoms with Crippen LogP contribution in [-0.4, -0.2) is 22.7 Å². The van der Waals surface area contributed by atoms with Crippen LogP contribution in [0.15, 0.2) is 11.2 Å². The molecule has 1 aromatic rings. The second-order valence-electron chi connectivity index (χ2n) is 2.63. The quantitative estimate of drug-likeness (QED) is 0.543. The van der Waals surface area contributed by atoms with E-state index in [4.69, 9.17) is 0 Å². The van der Waals surface area contributed by atoms with Gasteiger partial charge in [0.2, 0.25) is 0 Å². The first-order valence-corrected chi connectivity index (χ1v) is 3.68. The maximum Gasteiger partial charge on any atom is 0.102 e. The lowest BCUT2D eigenvalue weighted by Gasteiger charge is -2.07. The minimum Gasteiger partial charge on any atom is -0.290 e. The van der Waals surface area contributed by atoms with Crippen LogP contribution in [-0.2, 0) is 6.42 Å². The van der Waals surface area contributed by atoms with Gasteiger partial charge in [-0.2, -0.15) is 0 Å². The van der Waals surface area contributed by atoms with E-state index < -0.39 is 0 Å². The maximum absolute atomic E-state index is 4.36. The van der Waals surface area contributed by atoms with E-state index in [1.54, 1.807) is 12.4 Å². The normalized spacial score (nSPS) is 14.6. The number of hydrogen-bond donors (Lipinski definition) is 0. The molecule has 11 heavy (non-hydrogen) atoms. The van der Waals surface area contributed by atoms with E-state index in [-0.39, 0.29) is 0 Å². The fourth-order valence-electron chi connectivity index (χ4n) is 1.15. The minimum absolute atomic E-state index is 0.852. The molecule has 1 aliphatic rings. The van der Waals surface area contributed by atoms with Gasteiger partial charge in [-0.1, -0.05) is 0 Å². The lowest BCUT2D eigenvalue weighted by Crippen LogP contribution is -2.08. The van der Waals surface area contributed by atoms with Gasteiger partial charge >= 0.3 is 0 Å². The van der Waals surface area contributed by atoms with Gasteiger partial charge in [0.15, 0.2) is 0 Å². The molecule has 0 saturated heterocycles. The van der Waals surface area contributed by atoms with E-state index in [1.165, 1.54) is 0 Å². The summed E-state index contributed by atoms with van der Waals surface area (Å²) in [5.41, 5.74) is 3.00. The summed E-state index contributed by atoms with van der Waals surface area (Å²) >= 11 is 0. The van der Waals surface area contributed by atoms with E-state index in [0.29, 0.717) is 0 Å². The molecule has 2 heterocycles. The Morgan fingerprint density at radius 2 is 2.36 bits per heavy atom. The summed E-state index contributed by atoms with van der Waals surface area (Å²) < 4.78 is 0. The van der Waals surface area contributed by atoms with Crippen molar-refractivity contribution in [3.05, 3.63) is 23.3 Å². The first-order chi connectivity index (χ1) is 5.36. The highest BCUT2D eigenvalue weighted by atomic mass is 14.9. The molecule has 0 aliphatic carbocycles. The number of hydrogen-bond acceptors (Lipinski definition) is 3. The van der Waals surface area contributed by atoms with Gasteiger partial charge in [0, 0.05) is 25.4 Å². The monoisotopic (exact) mass is 147 g/mol. The molecule has 0 N–H and O–H groups in total. The second-order valence-corrected chi connectivity index (χ2v) is 2.63. The van der Waals surface area contributed by atoms with Crippen molar-refractivity contribution in [3.8, 4) is 0 Å². The van der Waals surface area contributed by atoms with Crippen LogP contribution in [0.1, 0.15) is 17.1 Å². The average Bonchev–Trinajstić information content (AvgIpc) is 2.04. The van der Waals surface area contributed by atoms with E-state index in [0.717, 1.165) is 30.0 Å². The summed E-state index contributed by atoms with van der Waals surface area (Å²) in [5.74, 6) is 0. The van der Waals surface area contributed by atoms with Gasteiger partial charge in [-0.05, 0) is 6.92 Å². The number of aromatic nitrogens is 2. The number of aliphatic imine (C=N–C) groups is 1. The van der Waals surface area contributed by atoms with Crippen molar-refractivity contribution in [2.24, 2.45) is 4.99 Å². The molecule has 0 fully saturated rings. The molecule has 1 aliphatic heterocycles. The number of nitrogens with zero attached hydrogens (tertiary/aromatic N) is 3. The Bertz CT molecular complexity index is 304. The third-order valence-electron chi connectivity index (χ3n) is 1.69. The van der Waals surface area contributed by atoms with E-state index in [2.05, 4.69) is 15.0 Å². The lowest BCUT2D eigenvalue weighted by atomic mass is 10.2. The lowest BCUT2D eigenvalue weighted by molar-refractivity contribution is 0.872. The maximum atomic E-state index is 4.36. The van der Waals surface area contributed by atoms with Crippen LogP contribution >= 0.6 is 0 Å². The van der Waals surface area contributed by atoms with Crippen molar-refractivity contribution < 1.29 is 0 Å².